The molecule has 11 nitrogen and oxygen atoms in total. The van der Waals surface area contributed by atoms with Gasteiger partial charge in [-0.2, -0.15) is 0 Å². The molecule has 2 aromatic carbocycles. The molecule has 2 atom stereocenters. The standard InChI is InChI=1S/C26H29FN2O9S/c27-18-8-4-16(5-9-18)15-39-19-10-6-17(7-11-19)23(32)28-14-2-1-3-20(24(33)34)29-26(37)38-21(25(35)36)12-13-22(30)31/h4-11,20-21H,1-3,12-15H2,(H,28,32)(H,29,37)(H,30,31)(H,33,34)(H,35,36)/t20-,21-/m0/s1. The number of rotatable bonds is 16. The first-order valence-corrected chi connectivity index (χ1v) is 12.9. The number of ether oxygens (including phenoxy) is 1. The highest BCUT2D eigenvalue weighted by atomic mass is 32.2. The third kappa shape index (κ3) is 11.9. The van der Waals surface area contributed by atoms with Gasteiger partial charge in [-0.05, 0) is 61.2 Å². The topological polar surface area (TPSA) is 179 Å². The molecule has 0 aliphatic carbocycles. The predicted molar refractivity (Wildman–Crippen MR) is 138 cm³/mol. The Kier molecular flexibility index (Phi) is 12.7. The lowest BCUT2D eigenvalue weighted by molar-refractivity contribution is -0.148. The molecular weight excluding hydrogens is 535 g/mol. The summed E-state index contributed by atoms with van der Waals surface area (Å²) in [7, 11) is 0. The second kappa shape index (κ2) is 16.0. The van der Waals surface area contributed by atoms with Crippen LogP contribution in [-0.2, 0) is 24.9 Å². The maximum atomic E-state index is 13.0. The van der Waals surface area contributed by atoms with E-state index in [0.29, 0.717) is 24.2 Å². The lowest BCUT2D eigenvalue weighted by Crippen LogP contribution is -2.43. The van der Waals surface area contributed by atoms with Crippen molar-refractivity contribution in [3.8, 4) is 0 Å². The third-order valence-corrected chi connectivity index (χ3v) is 6.46. The van der Waals surface area contributed by atoms with Gasteiger partial charge >= 0.3 is 24.0 Å². The number of thioether (sulfide) groups is 1. The molecule has 13 heteroatoms. The van der Waals surface area contributed by atoms with Gasteiger partial charge in [0.15, 0.2) is 0 Å². The average Bonchev–Trinajstić information content (AvgIpc) is 2.89. The molecule has 0 aliphatic rings. The SMILES string of the molecule is O=C(O)CC[C@H](OC(=O)N[C@@H](CCCCNC(=O)c1ccc(SCc2ccc(F)cc2)cc1)C(=O)O)C(=O)O. The number of aliphatic carboxylic acids is 3. The van der Waals surface area contributed by atoms with Crippen molar-refractivity contribution in [3.05, 3.63) is 65.5 Å². The summed E-state index contributed by atoms with van der Waals surface area (Å²) in [6.45, 7) is 0.257. The summed E-state index contributed by atoms with van der Waals surface area (Å²) in [6.07, 6.45) is -3.30. The molecule has 2 amide bonds. The lowest BCUT2D eigenvalue weighted by Gasteiger charge is -2.17. The van der Waals surface area contributed by atoms with Crippen LogP contribution < -0.4 is 10.6 Å². The van der Waals surface area contributed by atoms with E-state index >= 15 is 0 Å². The molecule has 0 aliphatic heterocycles. The normalized spacial score (nSPS) is 12.1. The third-order valence-electron chi connectivity index (χ3n) is 5.38. The summed E-state index contributed by atoms with van der Waals surface area (Å²) in [5.41, 5.74) is 1.42. The summed E-state index contributed by atoms with van der Waals surface area (Å²) in [5, 5.41) is 31.8. The first-order chi connectivity index (χ1) is 18.5. The van der Waals surface area contributed by atoms with Crippen LogP contribution in [-0.4, -0.2) is 63.9 Å². The van der Waals surface area contributed by atoms with Crippen molar-refractivity contribution in [1.82, 2.24) is 10.6 Å². The van der Waals surface area contributed by atoms with Crippen LogP contribution in [0.5, 0.6) is 0 Å². The summed E-state index contributed by atoms with van der Waals surface area (Å²) in [6, 6.07) is 11.8. The van der Waals surface area contributed by atoms with Gasteiger partial charge in [-0.25, -0.2) is 18.8 Å². The van der Waals surface area contributed by atoms with Gasteiger partial charge in [-0.15, -0.1) is 11.8 Å². The fourth-order valence-electron chi connectivity index (χ4n) is 3.28. The van der Waals surface area contributed by atoms with Gasteiger partial charge in [0.25, 0.3) is 5.91 Å². The van der Waals surface area contributed by atoms with Crippen LogP contribution in [0.25, 0.3) is 0 Å². The van der Waals surface area contributed by atoms with Crippen molar-refractivity contribution in [3.63, 3.8) is 0 Å². The fraction of sp³-hybridized carbons (Fsp3) is 0.346. The number of unbranched alkanes of at least 4 members (excludes halogenated alkanes) is 1. The minimum atomic E-state index is -1.73. The van der Waals surface area contributed by atoms with Crippen LogP contribution >= 0.6 is 11.8 Å². The van der Waals surface area contributed by atoms with Crippen molar-refractivity contribution in [2.75, 3.05) is 6.54 Å². The molecule has 2 aromatic rings. The van der Waals surface area contributed by atoms with Crippen molar-refractivity contribution < 1.29 is 48.4 Å². The Balaban J connectivity index is 1.71. The van der Waals surface area contributed by atoms with E-state index in [0.717, 1.165) is 10.5 Å². The molecule has 0 saturated heterocycles. The molecule has 0 bridgehead atoms. The van der Waals surface area contributed by atoms with Crippen molar-refractivity contribution >= 4 is 41.7 Å². The predicted octanol–water partition coefficient (Wildman–Crippen LogP) is 3.52. The maximum absolute atomic E-state index is 13.0. The highest BCUT2D eigenvalue weighted by molar-refractivity contribution is 7.98. The number of hydrogen-bond donors (Lipinski definition) is 5. The van der Waals surface area contributed by atoms with Crippen LogP contribution in [0, 0.1) is 5.82 Å². The highest BCUT2D eigenvalue weighted by Crippen LogP contribution is 2.23. The minimum Gasteiger partial charge on any atom is -0.481 e. The summed E-state index contributed by atoms with van der Waals surface area (Å²) in [4.78, 5) is 58.4. The van der Waals surface area contributed by atoms with Crippen LogP contribution in [0.15, 0.2) is 53.4 Å². The number of carbonyl (C=O) groups is 5. The van der Waals surface area contributed by atoms with Crippen LogP contribution in [0.2, 0.25) is 0 Å². The zero-order valence-electron chi connectivity index (χ0n) is 20.8. The lowest BCUT2D eigenvalue weighted by atomic mass is 10.1. The summed E-state index contributed by atoms with van der Waals surface area (Å²) in [5.74, 6) is -4.11. The Morgan fingerprint density at radius 3 is 2.13 bits per heavy atom. The molecule has 0 unspecified atom stereocenters. The number of alkyl carbamates (subject to hydrolysis) is 1. The minimum absolute atomic E-state index is 0.00680. The fourth-order valence-corrected chi connectivity index (χ4v) is 4.13. The largest absolute Gasteiger partial charge is 0.481 e. The molecule has 5 N–H and O–H groups in total. The zero-order valence-corrected chi connectivity index (χ0v) is 21.6. The van der Waals surface area contributed by atoms with E-state index in [1.165, 1.54) is 12.1 Å². The Labute approximate surface area is 227 Å². The second-order valence-corrected chi connectivity index (χ2v) is 9.44. The molecular formula is C26H29FN2O9S. The smallest absolute Gasteiger partial charge is 0.408 e. The molecule has 39 heavy (non-hydrogen) atoms. The molecule has 210 valence electrons. The van der Waals surface area contributed by atoms with Gasteiger partial charge in [0, 0.05) is 35.6 Å². The van der Waals surface area contributed by atoms with E-state index in [1.54, 1.807) is 36.0 Å². The van der Waals surface area contributed by atoms with Gasteiger partial charge in [0.2, 0.25) is 6.10 Å². The molecule has 0 heterocycles. The van der Waals surface area contributed by atoms with Gasteiger partial charge in [0.05, 0.1) is 0 Å². The first kappa shape index (κ1) is 31.1. The van der Waals surface area contributed by atoms with E-state index < -0.39 is 49.0 Å². The maximum Gasteiger partial charge on any atom is 0.408 e. The molecule has 2 rings (SSSR count). The van der Waals surface area contributed by atoms with Gasteiger partial charge in [-0.3, -0.25) is 9.59 Å². The van der Waals surface area contributed by atoms with Gasteiger partial charge in [-0.1, -0.05) is 12.1 Å². The van der Waals surface area contributed by atoms with E-state index in [4.69, 9.17) is 10.2 Å². The van der Waals surface area contributed by atoms with E-state index in [9.17, 15) is 33.5 Å². The molecule has 0 fully saturated rings. The number of carboxylic acids is 3. The highest BCUT2D eigenvalue weighted by Gasteiger charge is 2.26. The van der Waals surface area contributed by atoms with Crippen LogP contribution in [0.3, 0.4) is 0 Å². The number of hydrogen-bond acceptors (Lipinski definition) is 7. The van der Waals surface area contributed by atoms with Gasteiger partial charge in [0.1, 0.15) is 11.9 Å². The number of amides is 2. The Morgan fingerprint density at radius 1 is 0.872 bits per heavy atom. The van der Waals surface area contributed by atoms with Crippen molar-refractivity contribution in [2.24, 2.45) is 0 Å². The number of carbonyl (C=O) groups excluding carboxylic acids is 2. The average molecular weight is 565 g/mol. The molecule has 0 radical (unpaired) electrons. The van der Waals surface area contributed by atoms with E-state index in [-0.39, 0.29) is 24.7 Å². The number of nitrogens with one attached hydrogen (secondary N) is 2. The quantitative estimate of drug-likeness (QED) is 0.150. The molecule has 0 saturated carbocycles. The number of halogens is 1. The summed E-state index contributed by atoms with van der Waals surface area (Å²) >= 11 is 1.55. The van der Waals surface area contributed by atoms with Crippen LogP contribution in [0.1, 0.15) is 48.0 Å². The monoisotopic (exact) mass is 564 g/mol. The number of benzene rings is 2. The number of carboxylic acid groups (broad SMARTS) is 3. The van der Waals surface area contributed by atoms with Gasteiger partial charge < -0.3 is 30.7 Å². The van der Waals surface area contributed by atoms with E-state index in [1.807, 2.05) is 12.1 Å². The van der Waals surface area contributed by atoms with Crippen molar-refractivity contribution in [1.29, 1.82) is 0 Å². The Bertz CT molecular complexity index is 1140. The van der Waals surface area contributed by atoms with Crippen molar-refractivity contribution in [2.45, 2.75) is 54.9 Å². The Hall–Kier alpha value is -4.13. The Morgan fingerprint density at radius 2 is 1.54 bits per heavy atom. The zero-order chi connectivity index (χ0) is 28.8. The molecule has 0 spiro atoms. The first-order valence-electron chi connectivity index (χ1n) is 11.9. The second-order valence-electron chi connectivity index (χ2n) is 8.39. The van der Waals surface area contributed by atoms with Crippen LogP contribution in [0.4, 0.5) is 9.18 Å². The molecule has 0 aromatic heterocycles. The summed E-state index contributed by atoms with van der Waals surface area (Å²) < 4.78 is 17.6. The van der Waals surface area contributed by atoms with E-state index in [2.05, 4.69) is 15.4 Å².